The highest BCUT2D eigenvalue weighted by atomic mass is 16.4. The van der Waals surface area contributed by atoms with E-state index in [9.17, 15) is 4.79 Å². The second-order valence-electron chi connectivity index (χ2n) is 3.15. The molecule has 4 heteroatoms. The molecule has 0 unspecified atom stereocenters. The third-order valence-electron chi connectivity index (χ3n) is 1.99. The fraction of sp³-hybridized carbons (Fsp3) is 0.556. The van der Waals surface area contributed by atoms with Gasteiger partial charge in [-0.3, -0.25) is 9.48 Å². The number of aryl methyl sites for hydroxylation is 3. The molecule has 1 heterocycles. The predicted molar refractivity (Wildman–Crippen MR) is 48.5 cm³/mol. The van der Waals surface area contributed by atoms with Crippen LogP contribution in [0.4, 0.5) is 0 Å². The van der Waals surface area contributed by atoms with Crippen LogP contribution >= 0.6 is 0 Å². The largest absolute Gasteiger partial charge is 0.481 e. The number of carboxylic acids is 1. The Morgan fingerprint density at radius 2 is 2.38 bits per heavy atom. The van der Waals surface area contributed by atoms with E-state index in [0.717, 1.165) is 17.8 Å². The fourth-order valence-corrected chi connectivity index (χ4v) is 1.18. The molecule has 1 aromatic heterocycles. The van der Waals surface area contributed by atoms with Gasteiger partial charge < -0.3 is 5.11 Å². The van der Waals surface area contributed by atoms with E-state index < -0.39 is 5.97 Å². The summed E-state index contributed by atoms with van der Waals surface area (Å²) in [5.74, 6) is -0.743. The van der Waals surface area contributed by atoms with Gasteiger partial charge in [-0.25, -0.2) is 0 Å². The van der Waals surface area contributed by atoms with Gasteiger partial charge >= 0.3 is 5.97 Å². The SMILES string of the molecule is Cc1cc(CCCC(=O)O)nn1C. The van der Waals surface area contributed by atoms with Gasteiger partial charge in [-0.2, -0.15) is 5.10 Å². The molecule has 1 aromatic rings. The van der Waals surface area contributed by atoms with Crippen molar-refractivity contribution in [3.63, 3.8) is 0 Å². The Hall–Kier alpha value is -1.32. The average Bonchev–Trinajstić information content (AvgIpc) is 2.30. The molecule has 0 aliphatic rings. The van der Waals surface area contributed by atoms with E-state index in [1.54, 1.807) is 4.68 Å². The van der Waals surface area contributed by atoms with Gasteiger partial charge in [0, 0.05) is 19.2 Å². The Morgan fingerprint density at radius 1 is 1.69 bits per heavy atom. The number of hydrogen-bond donors (Lipinski definition) is 1. The Labute approximate surface area is 77.2 Å². The molecule has 0 atom stereocenters. The number of rotatable bonds is 4. The molecule has 13 heavy (non-hydrogen) atoms. The lowest BCUT2D eigenvalue weighted by Gasteiger charge is -1.93. The average molecular weight is 182 g/mol. The van der Waals surface area contributed by atoms with Crippen LogP contribution in [0.5, 0.6) is 0 Å². The highest BCUT2D eigenvalue weighted by molar-refractivity contribution is 5.66. The summed E-state index contributed by atoms with van der Waals surface area (Å²) in [7, 11) is 1.88. The van der Waals surface area contributed by atoms with Gasteiger partial charge in [-0.15, -0.1) is 0 Å². The molecule has 0 saturated heterocycles. The summed E-state index contributed by atoms with van der Waals surface area (Å²) in [6.45, 7) is 1.98. The van der Waals surface area contributed by atoms with E-state index in [2.05, 4.69) is 5.10 Å². The maximum atomic E-state index is 10.2. The number of hydrogen-bond acceptors (Lipinski definition) is 2. The Bertz CT molecular complexity index is 285. The minimum Gasteiger partial charge on any atom is -0.481 e. The molecular formula is C9H14N2O2. The van der Waals surface area contributed by atoms with Gasteiger partial charge in [0.2, 0.25) is 0 Å². The molecule has 0 aromatic carbocycles. The molecule has 0 aliphatic heterocycles. The molecular weight excluding hydrogens is 168 g/mol. The van der Waals surface area contributed by atoms with Crippen molar-refractivity contribution in [3.8, 4) is 0 Å². The van der Waals surface area contributed by atoms with Crippen molar-refractivity contribution in [1.82, 2.24) is 9.78 Å². The lowest BCUT2D eigenvalue weighted by atomic mass is 10.2. The zero-order valence-corrected chi connectivity index (χ0v) is 7.95. The van der Waals surface area contributed by atoms with Crippen LogP contribution in [0.25, 0.3) is 0 Å². The first-order chi connectivity index (χ1) is 6.09. The van der Waals surface area contributed by atoms with Crippen LogP contribution in [-0.4, -0.2) is 20.9 Å². The minimum atomic E-state index is -0.743. The van der Waals surface area contributed by atoms with Crippen LogP contribution in [0.15, 0.2) is 6.07 Å². The summed E-state index contributed by atoms with van der Waals surface area (Å²) in [6.07, 6.45) is 1.62. The number of carbonyl (C=O) groups is 1. The first-order valence-corrected chi connectivity index (χ1v) is 4.31. The van der Waals surface area contributed by atoms with E-state index in [0.29, 0.717) is 6.42 Å². The van der Waals surface area contributed by atoms with Crippen LogP contribution in [0.3, 0.4) is 0 Å². The monoisotopic (exact) mass is 182 g/mol. The summed E-state index contributed by atoms with van der Waals surface area (Å²) in [5.41, 5.74) is 2.08. The first-order valence-electron chi connectivity index (χ1n) is 4.31. The summed E-state index contributed by atoms with van der Waals surface area (Å²) < 4.78 is 1.80. The Kier molecular flexibility index (Phi) is 3.06. The van der Waals surface area contributed by atoms with Gasteiger partial charge in [0.25, 0.3) is 0 Å². The highest BCUT2D eigenvalue weighted by Crippen LogP contribution is 2.05. The van der Waals surface area contributed by atoms with E-state index in [1.165, 1.54) is 0 Å². The van der Waals surface area contributed by atoms with Crippen molar-refractivity contribution in [2.45, 2.75) is 26.2 Å². The molecule has 72 valence electrons. The highest BCUT2D eigenvalue weighted by Gasteiger charge is 2.02. The van der Waals surface area contributed by atoms with Crippen molar-refractivity contribution >= 4 is 5.97 Å². The first kappa shape index (κ1) is 9.77. The fourth-order valence-electron chi connectivity index (χ4n) is 1.18. The van der Waals surface area contributed by atoms with Gasteiger partial charge in [0.15, 0.2) is 0 Å². The topological polar surface area (TPSA) is 55.1 Å². The maximum Gasteiger partial charge on any atom is 0.303 e. The maximum absolute atomic E-state index is 10.2. The van der Waals surface area contributed by atoms with Crippen LogP contribution in [0, 0.1) is 6.92 Å². The van der Waals surface area contributed by atoms with Gasteiger partial charge in [0.1, 0.15) is 0 Å². The minimum absolute atomic E-state index is 0.218. The van der Waals surface area contributed by atoms with Crippen molar-refractivity contribution in [2.75, 3.05) is 0 Å². The number of nitrogens with zero attached hydrogens (tertiary/aromatic N) is 2. The zero-order valence-electron chi connectivity index (χ0n) is 7.95. The Morgan fingerprint density at radius 3 is 2.85 bits per heavy atom. The molecule has 1 N–H and O–H groups in total. The quantitative estimate of drug-likeness (QED) is 0.759. The zero-order chi connectivity index (χ0) is 9.84. The summed E-state index contributed by atoms with van der Waals surface area (Å²) in [5, 5.41) is 12.7. The van der Waals surface area contributed by atoms with Crippen LogP contribution in [-0.2, 0) is 18.3 Å². The Balaban J connectivity index is 2.41. The normalized spacial score (nSPS) is 10.3. The second kappa shape index (κ2) is 4.07. The van der Waals surface area contributed by atoms with Crippen LogP contribution in [0.2, 0.25) is 0 Å². The van der Waals surface area contributed by atoms with Crippen molar-refractivity contribution in [1.29, 1.82) is 0 Å². The number of aromatic nitrogens is 2. The molecule has 1 rings (SSSR count). The smallest absolute Gasteiger partial charge is 0.303 e. The number of carboxylic acid groups (broad SMARTS) is 1. The molecule has 0 amide bonds. The van der Waals surface area contributed by atoms with Gasteiger partial charge in [0.05, 0.1) is 5.69 Å². The van der Waals surface area contributed by atoms with Crippen molar-refractivity contribution in [3.05, 3.63) is 17.5 Å². The van der Waals surface area contributed by atoms with E-state index >= 15 is 0 Å². The van der Waals surface area contributed by atoms with E-state index in [4.69, 9.17) is 5.11 Å². The van der Waals surface area contributed by atoms with Gasteiger partial charge in [-0.1, -0.05) is 0 Å². The van der Waals surface area contributed by atoms with Crippen molar-refractivity contribution in [2.24, 2.45) is 7.05 Å². The lowest BCUT2D eigenvalue weighted by molar-refractivity contribution is -0.137. The summed E-state index contributed by atoms with van der Waals surface area (Å²) in [6, 6.07) is 1.99. The third kappa shape index (κ3) is 2.89. The standard InChI is InChI=1S/C9H14N2O2/c1-7-6-8(10-11(7)2)4-3-5-9(12)13/h6H,3-5H2,1-2H3,(H,12,13). The van der Waals surface area contributed by atoms with E-state index in [-0.39, 0.29) is 6.42 Å². The summed E-state index contributed by atoms with van der Waals surface area (Å²) >= 11 is 0. The number of aliphatic carboxylic acids is 1. The molecule has 0 spiro atoms. The predicted octanol–water partition coefficient (Wildman–Crippen LogP) is 1.14. The molecule has 0 fully saturated rings. The lowest BCUT2D eigenvalue weighted by Crippen LogP contribution is -1.97. The van der Waals surface area contributed by atoms with Crippen LogP contribution in [0.1, 0.15) is 24.2 Å². The molecule has 0 aliphatic carbocycles. The molecule has 0 radical (unpaired) electrons. The third-order valence-corrected chi connectivity index (χ3v) is 1.99. The second-order valence-corrected chi connectivity index (χ2v) is 3.15. The van der Waals surface area contributed by atoms with Crippen molar-refractivity contribution < 1.29 is 9.90 Å². The van der Waals surface area contributed by atoms with Crippen LogP contribution < -0.4 is 0 Å². The summed E-state index contributed by atoms with van der Waals surface area (Å²) in [4.78, 5) is 10.2. The van der Waals surface area contributed by atoms with E-state index in [1.807, 2.05) is 20.0 Å². The molecule has 4 nitrogen and oxygen atoms in total. The van der Waals surface area contributed by atoms with Gasteiger partial charge in [-0.05, 0) is 25.8 Å². The molecule has 0 bridgehead atoms. The molecule has 0 saturated carbocycles.